The fourth-order valence-corrected chi connectivity index (χ4v) is 3.92. The van der Waals surface area contributed by atoms with E-state index in [1.54, 1.807) is 0 Å². The first-order valence-electron chi connectivity index (χ1n) is 5.21. The lowest BCUT2D eigenvalue weighted by Crippen LogP contribution is -2.56. The summed E-state index contributed by atoms with van der Waals surface area (Å²) in [5, 5.41) is 4.13. The smallest absolute Gasteiger partial charge is 0.224 e. The number of carbonyl (C=O) groups excluding carboxylic acids is 1. The average Bonchev–Trinajstić information content (AvgIpc) is 2.63. The first-order chi connectivity index (χ1) is 6.76. The number of amides is 1. The number of nitrogens with one attached hydrogen (secondary N) is 1. The van der Waals surface area contributed by atoms with Crippen molar-refractivity contribution in [1.82, 2.24) is 5.32 Å². The quantitative estimate of drug-likeness (QED) is 0.802. The van der Waals surface area contributed by atoms with Crippen molar-refractivity contribution in [2.75, 3.05) is 16.8 Å². The third kappa shape index (κ3) is 2.11. The number of hydrogen-bond acceptors (Lipinski definition) is 2. The lowest BCUT2D eigenvalue weighted by Gasteiger charge is -2.41. The number of alkyl halides is 1. The predicted molar refractivity (Wildman–Crippen MR) is 64.0 cm³/mol. The molecular weight excluding hydrogens is 262 g/mol. The van der Waals surface area contributed by atoms with Crippen LogP contribution in [0, 0.1) is 5.92 Å². The molecule has 0 spiro atoms. The second-order valence-corrected chi connectivity index (χ2v) is 6.03. The SMILES string of the molecule is O=C(NC1(CBr)CCC1)C1CCSC1. The molecule has 1 saturated carbocycles. The molecule has 0 aromatic heterocycles. The van der Waals surface area contributed by atoms with Gasteiger partial charge in [-0.2, -0.15) is 11.8 Å². The van der Waals surface area contributed by atoms with Crippen molar-refractivity contribution in [2.45, 2.75) is 31.2 Å². The molecule has 2 rings (SSSR count). The molecule has 1 unspecified atom stereocenters. The van der Waals surface area contributed by atoms with Gasteiger partial charge in [-0.1, -0.05) is 15.9 Å². The second kappa shape index (κ2) is 4.44. The molecule has 0 bridgehead atoms. The van der Waals surface area contributed by atoms with Crippen LogP contribution in [-0.2, 0) is 4.79 Å². The molecule has 0 radical (unpaired) electrons. The average molecular weight is 278 g/mol. The molecule has 4 heteroatoms. The Morgan fingerprint density at radius 3 is 2.79 bits per heavy atom. The summed E-state index contributed by atoms with van der Waals surface area (Å²) < 4.78 is 0. The summed E-state index contributed by atoms with van der Waals surface area (Å²) in [7, 11) is 0. The van der Waals surface area contributed by atoms with Gasteiger partial charge in [0.05, 0.1) is 0 Å². The van der Waals surface area contributed by atoms with Crippen molar-refractivity contribution in [1.29, 1.82) is 0 Å². The van der Waals surface area contributed by atoms with Gasteiger partial charge in [0.15, 0.2) is 0 Å². The topological polar surface area (TPSA) is 29.1 Å². The number of carbonyl (C=O) groups is 1. The second-order valence-electron chi connectivity index (χ2n) is 4.32. The van der Waals surface area contributed by atoms with Crippen molar-refractivity contribution in [3.8, 4) is 0 Å². The van der Waals surface area contributed by atoms with Crippen LogP contribution in [0.25, 0.3) is 0 Å². The minimum atomic E-state index is 0.102. The maximum Gasteiger partial charge on any atom is 0.224 e. The highest BCUT2D eigenvalue weighted by Crippen LogP contribution is 2.34. The number of rotatable bonds is 3. The Balaban J connectivity index is 1.86. The van der Waals surface area contributed by atoms with Gasteiger partial charge in [0.25, 0.3) is 0 Å². The van der Waals surface area contributed by atoms with Crippen molar-refractivity contribution in [3.05, 3.63) is 0 Å². The van der Waals surface area contributed by atoms with Crippen LogP contribution in [0.1, 0.15) is 25.7 Å². The molecule has 1 amide bonds. The predicted octanol–water partition coefficient (Wildman–Crippen LogP) is 2.17. The maximum atomic E-state index is 11.9. The van der Waals surface area contributed by atoms with Gasteiger partial charge in [-0.15, -0.1) is 0 Å². The van der Waals surface area contributed by atoms with Gasteiger partial charge in [0, 0.05) is 22.5 Å². The molecule has 1 atom stereocenters. The van der Waals surface area contributed by atoms with Crippen LogP contribution in [0.4, 0.5) is 0 Å². The minimum Gasteiger partial charge on any atom is -0.350 e. The van der Waals surface area contributed by atoms with Gasteiger partial charge in [-0.05, 0) is 31.4 Å². The van der Waals surface area contributed by atoms with Gasteiger partial charge in [0.1, 0.15) is 0 Å². The summed E-state index contributed by atoms with van der Waals surface area (Å²) in [6.07, 6.45) is 4.61. The Hall–Kier alpha value is 0.300. The Morgan fingerprint density at radius 1 is 1.57 bits per heavy atom. The normalized spacial score (nSPS) is 29.6. The first-order valence-corrected chi connectivity index (χ1v) is 7.49. The van der Waals surface area contributed by atoms with Crippen LogP contribution >= 0.6 is 27.7 Å². The van der Waals surface area contributed by atoms with E-state index in [9.17, 15) is 4.79 Å². The molecule has 1 saturated heterocycles. The van der Waals surface area contributed by atoms with Crippen molar-refractivity contribution < 1.29 is 4.79 Å². The summed E-state index contributed by atoms with van der Waals surface area (Å²) in [6.45, 7) is 0. The zero-order chi connectivity index (χ0) is 10.0. The molecule has 2 fully saturated rings. The van der Waals surface area contributed by atoms with E-state index in [2.05, 4.69) is 21.2 Å². The number of hydrogen-bond donors (Lipinski definition) is 1. The van der Waals surface area contributed by atoms with Crippen LogP contribution in [0.2, 0.25) is 0 Å². The monoisotopic (exact) mass is 277 g/mol. The zero-order valence-corrected chi connectivity index (χ0v) is 10.6. The van der Waals surface area contributed by atoms with E-state index < -0.39 is 0 Å². The number of halogens is 1. The molecule has 1 aliphatic heterocycles. The van der Waals surface area contributed by atoms with Gasteiger partial charge in [-0.3, -0.25) is 4.79 Å². The van der Waals surface area contributed by atoms with E-state index in [1.165, 1.54) is 6.42 Å². The molecule has 1 heterocycles. The van der Waals surface area contributed by atoms with E-state index in [4.69, 9.17) is 0 Å². The molecular formula is C10H16BrNOS. The minimum absolute atomic E-state index is 0.102. The Bertz CT molecular complexity index is 219. The number of thioether (sulfide) groups is 1. The lowest BCUT2D eigenvalue weighted by atomic mass is 9.78. The van der Waals surface area contributed by atoms with Gasteiger partial charge >= 0.3 is 0 Å². The zero-order valence-electron chi connectivity index (χ0n) is 8.22. The molecule has 2 nitrogen and oxygen atoms in total. The molecule has 1 aliphatic carbocycles. The standard InChI is InChI=1S/C10H16BrNOS/c11-7-10(3-1-4-10)12-9(13)8-2-5-14-6-8/h8H,1-7H2,(H,12,13). The third-order valence-corrected chi connectivity index (χ3v) is 5.49. The highest BCUT2D eigenvalue weighted by molar-refractivity contribution is 9.09. The van der Waals surface area contributed by atoms with E-state index in [0.717, 1.165) is 36.1 Å². The lowest BCUT2D eigenvalue weighted by molar-refractivity contribution is -0.126. The van der Waals surface area contributed by atoms with Gasteiger partial charge in [-0.25, -0.2) is 0 Å². The van der Waals surface area contributed by atoms with E-state index in [-0.39, 0.29) is 17.4 Å². The highest BCUT2D eigenvalue weighted by Gasteiger charge is 2.38. The summed E-state index contributed by atoms with van der Waals surface area (Å²) in [5.74, 6) is 2.73. The van der Waals surface area contributed by atoms with Crippen molar-refractivity contribution in [2.24, 2.45) is 5.92 Å². The third-order valence-electron chi connectivity index (χ3n) is 3.26. The molecule has 2 aliphatic rings. The highest BCUT2D eigenvalue weighted by atomic mass is 79.9. The van der Waals surface area contributed by atoms with Crippen LogP contribution in [0.15, 0.2) is 0 Å². The summed E-state index contributed by atoms with van der Waals surface area (Å²) in [6, 6.07) is 0. The fraction of sp³-hybridized carbons (Fsp3) is 0.900. The van der Waals surface area contributed by atoms with Gasteiger partial charge in [0.2, 0.25) is 5.91 Å². The molecule has 0 aromatic rings. The van der Waals surface area contributed by atoms with Crippen molar-refractivity contribution >= 4 is 33.6 Å². The summed E-state index contributed by atoms with van der Waals surface area (Å²) >= 11 is 5.40. The Labute approximate surface area is 97.7 Å². The van der Waals surface area contributed by atoms with E-state index in [0.29, 0.717) is 0 Å². The Morgan fingerprint density at radius 2 is 2.36 bits per heavy atom. The first kappa shape index (κ1) is 10.8. The van der Waals surface area contributed by atoms with Crippen LogP contribution < -0.4 is 5.32 Å². The van der Waals surface area contributed by atoms with Crippen LogP contribution in [-0.4, -0.2) is 28.3 Å². The maximum absolute atomic E-state index is 11.9. The largest absolute Gasteiger partial charge is 0.350 e. The van der Waals surface area contributed by atoms with E-state index in [1.807, 2.05) is 11.8 Å². The molecule has 0 aromatic carbocycles. The fourth-order valence-electron chi connectivity index (χ4n) is 2.00. The Kier molecular flexibility index (Phi) is 3.42. The molecule has 1 N–H and O–H groups in total. The van der Waals surface area contributed by atoms with Crippen LogP contribution in [0.3, 0.4) is 0 Å². The summed E-state index contributed by atoms with van der Waals surface area (Å²) in [4.78, 5) is 11.9. The van der Waals surface area contributed by atoms with E-state index >= 15 is 0 Å². The van der Waals surface area contributed by atoms with Crippen LogP contribution in [0.5, 0.6) is 0 Å². The molecule has 14 heavy (non-hydrogen) atoms. The molecule has 80 valence electrons. The van der Waals surface area contributed by atoms with Gasteiger partial charge < -0.3 is 5.32 Å². The van der Waals surface area contributed by atoms with Crippen molar-refractivity contribution in [3.63, 3.8) is 0 Å². The summed E-state index contributed by atoms with van der Waals surface area (Å²) in [5.41, 5.74) is 0.102.